The van der Waals surface area contributed by atoms with E-state index in [2.05, 4.69) is 34.5 Å². The van der Waals surface area contributed by atoms with E-state index in [1.165, 1.54) is 5.56 Å². The van der Waals surface area contributed by atoms with Crippen LogP contribution in [0.4, 0.5) is 0 Å². The Hall–Kier alpha value is -2.22. The number of aryl methyl sites for hydroxylation is 1. The van der Waals surface area contributed by atoms with Crippen LogP contribution in [0.2, 0.25) is 0 Å². The van der Waals surface area contributed by atoms with E-state index in [9.17, 15) is 13.2 Å². The highest BCUT2D eigenvalue weighted by Gasteiger charge is 2.26. The third-order valence-electron chi connectivity index (χ3n) is 6.64. The Morgan fingerprint density at radius 2 is 1.61 bits per heavy atom. The maximum atomic E-state index is 12.8. The van der Waals surface area contributed by atoms with Crippen molar-refractivity contribution < 1.29 is 13.2 Å². The lowest BCUT2D eigenvalue weighted by atomic mass is 10.0. The number of amides is 1. The van der Waals surface area contributed by atoms with E-state index in [0.717, 1.165) is 57.3 Å². The molecule has 1 atom stereocenters. The van der Waals surface area contributed by atoms with Crippen molar-refractivity contribution in [2.24, 2.45) is 0 Å². The number of nitrogens with one attached hydrogen (secondary N) is 1. The number of hydrogen-bond acceptors (Lipinski definition) is 4. The van der Waals surface area contributed by atoms with Gasteiger partial charge in [-0.3, -0.25) is 9.69 Å². The standard InChI is InChI=1S/C26H35N3O3S/c30-26(27-24-10-7-17-28(21-24)20-23-8-3-1-4-9-23)16-13-22-11-14-25(15-12-22)33(31,32)29-18-5-2-6-19-29/h1,3-4,8-9,11-12,14-15,24H,2,5-7,10,13,16-21H2,(H,27,30). The van der Waals surface area contributed by atoms with Gasteiger partial charge < -0.3 is 5.32 Å². The highest BCUT2D eigenvalue weighted by atomic mass is 32.2. The monoisotopic (exact) mass is 469 g/mol. The predicted molar refractivity (Wildman–Crippen MR) is 130 cm³/mol. The summed E-state index contributed by atoms with van der Waals surface area (Å²) in [7, 11) is -3.41. The number of carbonyl (C=O) groups excluding carboxylic acids is 1. The van der Waals surface area contributed by atoms with E-state index >= 15 is 0 Å². The van der Waals surface area contributed by atoms with Gasteiger partial charge in [-0.2, -0.15) is 4.31 Å². The van der Waals surface area contributed by atoms with Crippen LogP contribution in [0.1, 0.15) is 49.7 Å². The van der Waals surface area contributed by atoms with Crippen LogP contribution in [0.15, 0.2) is 59.5 Å². The molecule has 1 unspecified atom stereocenters. The van der Waals surface area contributed by atoms with E-state index in [1.54, 1.807) is 16.4 Å². The average Bonchev–Trinajstić information content (AvgIpc) is 2.84. The van der Waals surface area contributed by atoms with Gasteiger partial charge in [0, 0.05) is 38.6 Å². The van der Waals surface area contributed by atoms with Gasteiger partial charge in [0.2, 0.25) is 15.9 Å². The molecular weight excluding hydrogens is 434 g/mol. The number of benzene rings is 2. The van der Waals surface area contributed by atoms with Crippen molar-refractivity contribution in [2.75, 3.05) is 26.2 Å². The van der Waals surface area contributed by atoms with Crippen LogP contribution >= 0.6 is 0 Å². The minimum atomic E-state index is -3.41. The maximum absolute atomic E-state index is 12.8. The fraction of sp³-hybridized carbons (Fsp3) is 0.500. The Bertz CT molecular complexity index is 1000. The fourth-order valence-electron chi connectivity index (χ4n) is 4.80. The number of carbonyl (C=O) groups is 1. The highest BCUT2D eigenvalue weighted by molar-refractivity contribution is 7.89. The lowest BCUT2D eigenvalue weighted by molar-refractivity contribution is -0.122. The summed E-state index contributed by atoms with van der Waals surface area (Å²) in [5.41, 5.74) is 2.28. The van der Waals surface area contributed by atoms with Crippen molar-refractivity contribution in [2.45, 2.75) is 62.4 Å². The first kappa shape index (κ1) is 23.9. The van der Waals surface area contributed by atoms with Crippen LogP contribution in [0.3, 0.4) is 0 Å². The maximum Gasteiger partial charge on any atom is 0.243 e. The van der Waals surface area contributed by atoms with Crippen LogP contribution in [0, 0.1) is 0 Å². The lowest BCUT2D eigenvalue weighted by Crippen LogP contribution is -2.47. The first-order valence-electron chi connectivity index (χ1n) is 12.2. The zero-order chi connectivity index (χ0) is 23.1. The van der Waals surface area contributed by atoms with Gasteiger partial charge >= 0.3 is 0 Å². The number of sulfonamides is 1. The van der Waals surface area contributed by atoms with Gasteiger partial charge in [-0.05, 0) is 61.9 Å². The Morgan fingerprint density at radius 1 is 0.879 bits per heavy atom. The third kappa shape index (κ3) is 6.65. The molecule has 178 valence electrons. The second-order valence-corrected chi connectivity index (χ2v) is 11.2. The topological polar surface area (TPSA) is 69.7 Å². The number of piperidine rings is 2. The molecule has 2 aliphatic heterocycles. The summed E-state index contributed by atoms with van der Waals surface area (Å²) in [6.07, 6.45) is 6.07. The van der Waals surface area contributed by atoms with Crippen LogP contribution < -0.4 is 5.32 Å². The Balaban J connectivity index is 1.24. The Morgan fingerprint density at radius 3 is 2.33 bits per heavy atom. The molecule has 2 aromatic carbocycles. The molecule has 0 saturated carbocycles. The molecule has 33 heavy (non-hydrogen) atoms. The average molecular weight is 470 g/mol. The van der Waals surface area contributed by atoms with Crippen molar-refractivity contribution in [3.05, 3.63) is 65.7 Å². The van der Waals surface area contributed by atoms with Gasteiger partial charge in [-0.15, -0.1) is 0 Å². The normalized spacial score (nSPS) is 20.4. The van der Waals surface area contributed by atoms with Gasteiger partial charge in [0.1, 0.15) is 0 Å². The van der Waals surface area contributed by atoms with Crippen molar-refractivity contribution in [1.29, 1.82) is 0 Å². The van der Waals surface area contributed by atoms with Gasteiger partial charge in [0.15, 0.2) is 0 Å². The van der Waals surface area contributed by atoms with E-state index in [-0.39, 0.29) is 11.9 Å². The van der Waals surface area contributed by atoms with Gasteiger partial charge in [0.05, 0.1) is 4.90 Å². The van der Waals surface area contributed by atoms with Crippen LogP contribution in [-0.4, -0.2) is 55.8 Å². The fourth-order valence-corrected chi connectivity index (χ4v) is 6.32. The molecule has 6 nitrogen and oxygen atoms in total. The zero-order valence-electron chi connectivity index (χ0n) is 19.3. The van der Waals surface area contributed by atoms with Crippen molar-refractivity contribution >= 4 is 15.9 Å². The number of nitrogens with zero attached hydrogens (tertiary/aromatic N) is 2. The number of likely N-dealkylation sites (tertiary alicyclic amines) is 1. The number of hydrogen-bond donors (Lipinski definition) is 1. The van der Waals surface area contributed by atoms with E-state index in [0.29, 0.717) is 30.8 Å². The molecule has 2 fully saturated rings. The van der Waals surface area contributed by atoms with E-state index < -0.39 is 10.0 Å². The summed E-state index contributed by atoms with van der Waals surface area (Å²) in [6.45, 7) is 4.07. The van der Waals surface area contributed by atoms with Crippen LogP contribution in [-0.2, 0) is 27.8 Å². The van der Waals surface area contributed by atoms with Crippen molar-refractivity contribution in [1.82, 2.24) is 14.5 Å². The predicted octanol–water partition coefficient (Wildman–Crippen LogP) is 3.57. The van der Waals surface area contributed by atoms with E-state index in [4.69, 9.17) is 0 Å². The molecule has 2 saturated heterocycles. The molecule has 1 amide bonds. The SMILES string of the molecule is O=C(CCc1ccc(S(=O)(=O)N2CCCCC2)cc1)NC1CCCN(Cc2ccccc2)C1. The quantitative estimate of drug-likeness (QED) is 0.642. The largest absolute Gasteiger partial charge is 0.352 e. The van der Waals surface area contributed by atoms with Gasteiger partial charge in [-0.1, -0.05) is 48.9 Å². The smallest absolute Gasteiger partial charge is 0.243 e. The molecule has 0 aromatic heterocycles. The summed E-state index contributed by atoms with van der Waals surface area (Å²) in [5, 5.41) is 3.20. The molecule has 2 heterocycles. The molecule has 0 spiro atoms. The molecule has 4 rings (SSSR count). The highest BCUT2D eigenvalue weighted by Crippen LogP contribution is 2.21. The minimum absolute atomic E-state index is 0.0616. The molecular formula is C26H35N3O3S. The third-order valence-corrected chi connectivity index (χ3v) is 8.55. The molecule has 2 aromatic rings. The first-order valence-corrected chi connectivity index (χ1v) is 13.6. The van der Waals surface area contributed by atoms with Crippen LogP contribution in [0.5, 0.6) is 0 Å². The van der Waals surface area contributed by atoms with Crippen LogP contribution in [0.25, 0.3) is 0 Å². The summed E-state index contributed by atoms with van der Waals surface area (Å²) < 4.78 is 27.2. The summed E-state index contributed by atoms with van der Waals surface area (Å²) in [6, 6.07) is 17.7. The second kappa shape index (κ2) is 11.3. The lowest BCUT2D eigenvalue weighted by Gasteiger charge is -2.33. The summed E-state index contributed by atoms with van der Waals surface area (Å²) in [5.74, 6) is 0.0616. The van der Waals surface area contributed by atoms with Crippen molar-refractivity contribution in [3.8, 4) is 0 Å². The molecule has 7 heteroatoms. The number of rotatable bonds is 8. The van der Waals surface area contributed by atoms with Crippen molar-refractivity contribution in [3.63, 3.8) is 0 Å². The summed E-state index contributed by atoms with van der Waals surface area (Å²) >= 11 is 0. The van der Waals surface area contributed by atoms with Gasteiger partial charge in [-0.25, -0.2) is 8.42 Å². The molecule has 2 aliphatic rings. The molecule has 1 N–H and O–H groups in total. The Kier molecular flexibility index (Phi) is 8.17. The molecule has 0 bridgehead atoms. The first-order chi connectivity index (χ1) is 16.0. The minimum Gasteiger partial charge on any atom is -0.352 e. The van der Waals surface area contributed by atoms with E-state index in [1.807, 2.05) is 18.2 Å². The van der Waals surface area contributed by atoms with Gasteiger partial charge in [0.25, 0.3) is 0 Å². The molecule has 0 aliphatic carbocycles. The Labute approximate surface area is 198 Å². The second-order valence-electron chi connectivity index (χ2n) is 9.24. The summed E-state index contributed by atoms with van der Waals surface area (Å²) in [4.78, 5) is 15.3. The molecule has 0 radical (unpaired) electrons. The zero-order valence-corrected chi connectivity index (χ0v) is 20.1.